The number of halogens is 2. The molecule has 1 fully saturated rings. The maximum Gasteiger partial charge on any atom is 0.344 e. The molecule has 0 aliphatic carbocycles. The summed E-state index contributed by atoms with van der Waals surface area (Å²) >= 11 is 8.91. The third kappa shape index (κ3) is 5.31. The molecule has 0 saturated carbocycles. The van der Waals surface area contributed by atoms with E-state index in [0.29, 0.717) is 28.0 Å². The summed E-state index contributed by atoms with van der Waals surface area (Å²) in [7, 11) is 0. The van der Waals surface area contributed by atoms with Gasteiger partial charge in [0.2, 0.25) is 0 Å². The summed E-state index contributed by atoms with van der Waals surface area (Å²) in [6.45, 7) is 1.84. The zero-order valence-electron chi connectivity index (χ0n) is 15.2. The molecule has 1 saturated heterocycles. The highest BCUT2D eigenvalue weighted by Gasteiger charge is 2.36. The van der Waals surface area contributed by atoms with Gasteiger partial charge < -0.3 is 9.47 Å². The second-order valence-corrected chi connectivity index (χ2v) is 8.37. The average Bonchev–Trinajstić information content (AvgIpc) is 2.94. The van der Waals surface area contributed by atoms with E-state index < -0.39 is 11.9 Å². The second-order valence-electron chi connectivity index (χ2n) is 5.78. The number of rotatable bonds is 6. The van der Waals surface area contributed by atoms with E-state index in [1.54, 1.807) is 55.5 Å². The minimum atomic E-state index is -0.443. The highest BCUT2D eigenvalue weighted by molar-refractivity contribution is 14.1. The summed E-state index contributed by atoms with van der Waals surface area (Å²) in [5, 5.41) is 0.0612. The summed E-state index contributed by atoms with van der Waals surface area (Å²) < 4.78 is 11.0. The number of carbonyl (C=O) groups is 3. The lowest BCUT2D eigenvalue weighted by Crippen LogP contribution is -2.27. The third-order valence-electron chi connectivity index (χ3n) is 3.76. The molecule has 0 atom stereocenters. The Labute approximate surface area is 190 Å². The number of hydrogen-bond acceptors (Lipinski definition) is 6. The molecule has 1 aliphatic rings. The number of anilines is 1. The van der Waals surface area contributed by atoms with Gasteiger partial charge in [0, 0.05) is 5.02 Å². The van der Waals surface area contributed by atoms with E-state index in [2.05, 4.69) is 22.6 Å². The van der Waals surface area contributed by atoms with Crippen molar-refractivity contribution in [1.82, 2.24) is 0 Å². The quantitative estimate of drug-likeness (QED) is 0.286. The van der Waals surface area contributed by atoms with Crippen LogP contribution in [0, 0.1) is 3.57 Å². The second kappa shape index (κ2) is 9.64. The van der Waals surface area contributed by atoms with E-state index in [1.165, 1.54) is 0 Å². The molecule has 0 N–H and O–H groups in total. The van der Waals surface area contributed by atoms with Crippen LogP contribution in [0.3, 0.4) is 0 Å². The van der Waals surface area contributed by atoms with Crippen LogP contribution in [0.25, 0.3) is 6.08 Å². The van der Waals surface area contributed by atoms with Gasteiger partial charge in [-0.25, -0.2) is 9.69 Å². The lowest BCUT2D eigenvalue weighted by atomic mass is 10.2. The van der Waals surface area contributed by atoms with Crippen LogP contribution in [0.1, 0.15) is 12.5 Å². The normalized spacial score (nSPS) is 15.1. The van der Waals surface area contributed by atoms with Crippen molar-refractivity contribution in [3.05, 3.63) is 61.5 Å². The Hall–Kier alpha value is -2.04. The molecule has 9 heteroatoms. The fourth-order valence-electron chi connectivity index (χ4n) is 2.52. The lowest BCUT2D eigenvalue weighted by Gasteiger charge is -2.12. The van der Waals surface area contributed by atoms with Gasteiger partial charge in [0.05, 0.1) is 20.8 Å². The summed E-state index contributed by atoms with van der Waals surface area (Å²) in [6, 6.07) is 11.8. The van der Waals surface area contributed by atoms with Gasteiger partial charge >= 0.3 is 5.97 Å². The zero-order valence-corrected chi connectivity index (χ0v) is 18.9. The van der Waals surface area contributed by atoms with E-state index >= 15 is 0 Å². The fourth-order valence-corrected chi connectivity index (χ4v) is 4.24. The molecule has 6 nitrogen and oxygen atoms in total. The van der Waals surface area contributed by atoms with Crippen LogP contribution < -0.4 is 9.64 Å². The van der Waals surface area contributed by atoms with Gasteiger partial charge in [0.25, 0.3) is 11.1 Å². The van der Waals surface area contributed by atoms with Gasteiger partial charge in [-0.15, -0.1) is 0 Å². The van der Waals surface area contributed by atoms with Crippen molar-refractivity contribution in [2.75, 3.05) is 18.1 Å². The van der Waals surface area contributed by atoms with Crippen LogP contribution in [0.2, 0.25) is 5.02 Å². The van der Waals surface area contributed by atoms with Crippen molar-refractivity contribution in [2.45, 2.75) is 6.92 Å². The Balaban J connectivity index is 1.76. The predicted octanol–water partition coefficient (Wildman–Crippen LogP) is 5.13. The summed E-state index contributed by atoms with van der Waals surface area (Å²) in [5.74, 6) is -0.315. The number of carbonyl (C=O) groups excluding carboxylic acids is 3. The number of thioether (sulfide) groups is 1. The molecule has 0 radical (unpaired) electrons. The molecule has 29 heavy (non-hydrogen) atoms. The largest absolute Gasteiger partial charge is 0.481 e. The van der Waals surface area contributed by atoms with Crippen molar-refractivity contribution in [1.29, 1.82) is 0 Å². The van der Waals surface area contributed by atoms with Crippen LogP contribution in [0.4, 0.5) is 10.5 Å². The predicted molar refractivity (Wildman–Crippen MR) is 121 cm³/mol. The SMILES string of the molecule is CCOC(=O)COc1ccc(/C=C2/SC(=O)N(c3cccc(Cl)c3)C2=O)cc1I. The minimum Gasteiger partial charge on any atom is -0.481 e. The molecule has 0 spiro atoms. The number of imide groups is 1. The van der Waals surface area contributed by atoms with Crippen LogP contribution in [-0.4, -0.2) is 30.3 Å². The first kappa shape index (κ1) is 21.7. The van der Waals surface area contributed by atoms with Crippen LogP contribution in [-0.2, 0) is 14.3 Å². The fraction of sp³-hybridized carbons (Fsp3) is 0.150. The summed E-state index contributed by atoms with van der Waals surface area (Å²) in [4.78, 5) is 37.9. The number of ether oxygens (including phenoxy) is 2. The van der Waals surface area contributed by atoms with Gasteiger partial charge in [0.1, 0.15) is 5.75 Å². The van der Waals surface area contributed by atoms with Gasteiger partial charge in [-0.1, -0.05) is 23.7 Å². The van der Waals surface area contributed by atoms with E-state index in [4.69, 9.17) is 21.1 Å². The molecule has 150 valence electrons. The van der Waals surface area contributed by atoms with E-state index in [0.717, 1.165) is 25.8 Å². The van der Waals surface area contributed by atoms with Crippen molar-refractivity contribution < 1.29 is 23.9 Å². The van der Waals surface area contributed by atoms with Crippen molar-refractivity contribution in [2.24, 2.45) is 0 Å². The molecule has 0 bridgehead atoms. The molecular weight excluding hydrogens is 529 g/mol. The molecule has 3 rings (SSSR count). The van der Waals surface area contributed by atoms with Crippen molar-refractivity contribution in [3.8, 4) is 5.75 Å². The third-order valence-corrected chi connectivity index (χ3v) is 5.71. The Kier molecular flexibility index (Phi) is 7.20. The molecule has 2 amide bonds. The first-order valence-electron chi connectivity index (χ1n) is 8.50. The molecule has 1 heterocycles. The number of hydrogen-bond donors (Lipinski definition) is 0. The number of esters is 1. The maximum atomic E-state index is 12.7. The Morgan fingerprint density at radius 2 is 2.03 bits per heavy atom. The monoisotopic (exact) mass is 543 g/mol. The summed E-state index contributed by atoms with van der Waals surface area (Å²) in [6.07, 6.45) is 1.65. The first-order chi connectivity index (χ1) is 13.9. The number of benzene rings is 2. The van der Waals surface area contributed by atoms with E-state index in [9.17, 15) is 14.4 Å². The summed E-state index contributed by atoms with van der Waals surface area (Å²) in [5.41, 5.74) is 1.16. The first-order valence-corrected chi connectivity index (χ1v) is 10.8. The standard InChI is InChI=1S/C20H15ClINO5S/c1-2-27-18(24)11-28-16-7-6-12(8-15(16)22)9-17-19(25)23(20(26)29-17)14-5-3-4-13(21)10-14/h3-10H,2,11H2,1H3/b17-9+. The van der Waals surface area contributed by atoms with Gasteiger partial charge in [-0.05, 0) is 83.2 Å². The highest BCUT2D eigenvalue weighted by Crippen LogP contribution is 2.36. The Bertz CT molecular complexity index is 1010. The highest BCUT2D eigenvalue weighted by atomic mass is 127. The zero-order chi connectivity index (χ0) is 21.0. The molecule has 2 aromatic rings. The van der Waals surface area contributed by atoms with E-state index in [-0.39, 0.29) is 11.8 Å². The Morgan fingerprint density at radius 1 is 1.24 bits per heavy atom. The molecule has 0 aromatic heterocycles. The van der Waals surface area contributed by atoms with Crippen molar-refractivity contribution >= 4 is 74.8 Å². The molecule has 0 unspecified atom stereocenters. The van der Waals surface area contributed by atoms with Gasteiger partial charge in [-0.3, -0.25) is 9.59 Å². The topological polar surface area (TPSA) is 72.9 Å². The van der Waals surface area contributed by atoms with Crippen LogP contribution in [0.5, 0.6) is 5.75 Å². The smallest absolute Gasteiger partial charge is 0.344 e. The lowest BCUT2D eigenvalue weighted by molar-refractivity contribution is -0.145. The van der Waals surface area contributed by atoms with Crippen molar-refractivity contribution in [3.63, 3.8) is 0 Å². The molecule has 1 aliphatic heterocycles. The number of nitrogens with zero attached hydrogens (tertiary/aromatic N) is 1. The van der Waals surface area contributed by atoms with Crippen LogP contribution >= 0.6 is 46.0 Å². The maximum absolute atomic E-state index is 12.7. The minimum absolute atomic E-state index is 0.179. The molecular formula is C20H15ClINO5S. The van der Waals surface area contributed by atoms with Crippen LogP contribution in [0.15, 0.2) is 47.4 Å². The number of amides is 2. The van der Waals surface area contributed by atoms with Gasteiger partial charge in [-0.2, -0.15) is 0 Å². The molecule has 2 aromatic carbocycles. The average molecular weight is 544 g/mol. The Morgan fingerprint density at radius 3 is 2.72 bits per heavy atom. The van der Waals surface area contributed by atoms with E-state index in [1.807, 2.05) is 0 Å². The van der Waals surface area contributed by atoms with Gasteiger partial charge in [0.15, 0.2) is 6.61 Å².